The molecular formula is C12H14N2O2. The third-order valence-corrected chi connectivity index (χ3v) is 2.55. The lowest BCUT2D eigenvalue weighted by Gasteiger charge is -2.02. The molecule has 0 saturated carbocycles. The summed E-state index contributed by atoms with van der Waals surface area (Å²) in [4.78, 5) is 15.8. The van der Waals surface area contributed by atoms with E-state index in [-0.39, 0.29) is 5.78 Å². The predicted molar refractivity (Wildman–Crippen MR) is 61.6 cm³/mol. The summed E-state index contributed by atoms with van der Waals surface area (Å²) in [6, 6.07) is 3.76. The summed E-state index contributed by atoms with van der Waals surface area (Å²) in [6.07, 6.45) is 3.58. The van der Waals surface area contributed by atoms with Crippen molar-refractivity contribution in [3.63, 3.8) is 0 Å². The maximum absolute atomic E-state index is 11.5. The number of carbonyl (C=O) groups excluding carboxylic acids is 1. The second kappa shape index (κ2) is 4.45. The van der Waals surface area contributed by atoms with E-state index in [0.717, 1.165) is 16.6 Å². The summed E-state index contributed by atoms with van der Waals surface area (Å²) in [5, 5.41) is 0.908. The van der Waals surface area contributed by atoms with E-state index in [1.807, 2.05) is 22.9 Å². The van der Waals surface area contributed by atoms with Crippen molar-refractivity contribution >= 4 is 16.8 Å². The first-order chi connectivity index (χ1) is 7.74. The molecule has 84 valence electrons. The van der Waals surface area contributed by atoms with E-state index in [0.29, 0.717) is 13.2 Å². The minimum absolute atomic E-state index is 0.0640. The van der Waals surface area contributed by atoms with Gasteiger partial charge in [0.1, 0.15) is 5.65 Å². The molecule has 0 saturated heterocycles. The van der Waals surface area contributed by atoms with Crippen LogP contribution in [-0.2, 0) is 11.3 Å². The predicted octanol–water partition coefficient (Wildman–Crippen LogP) is 1.89. The monoisotopic (exact) mass is 218 g/mol. The van der Waals surface area contributed by atoms with Crippen LogP contribution in [0.25, 0.3) is 11.0 Å². The number of ketones is 1. The molecule has 0 radical (unpaired) electrons. The third-order valence-electron chi connectivity index (χ3n) is 2.55. The Morgan fingerprint density at radius 1 is 1.56 bits per heavy atom. The molecule has 0 N–H and O–H groups in total. The van der Waals surface area contributed by atoms with E-state index in [2.05, 4.69) is 4.98 Å². The number of pyridine rings is 1. The molecule has 0 amide bonds. The maximum atomic E-state index is 11.5. The molecule has 0 aromatic carbocycles. The largest absolute Gasteiger partial charge is 0.383 e. The van der Waals surface area contributed by atoms with E-state index in [9.17, 15) is 4.79 Å². The first kappa shape index (κ1) is 10.8. The van der Waals surface area contributed by atoms with Crippen LogP contribution in [0.5, 0.6) is 0 Å². The Morgan fingerprint density at radius 3 is 3.06 bits per heavy atom. The van der Waals surface area contributed by atoms with Crippen molar-refractivity contribution in [1.82, 2.24) is 9.55 Å². The second-order valence-corrected chi connectivity index (χ2v) is 3.66. The molecule has 0 atom stereocenters. The Kier molecular flexibility index (Phi) is 3.01. The molecule has 0 bridgehead atoms. The van der Waals surface area contributed by atoms with Crippen LogP contribution in [0.1, 0.15) is 17.3 Å². The van der Waals surface area contributed by atoms with E-state index >= 15 is 0 Å². The number of methoxy groups -OCH3 is 1. The summed E-state index contributed by atoms with van der Waals surface area (Å²) in [5.74, 6) is 0.0640. The molecule has 16 heavy (non-hydrogen) atoms. The number of ether oxygens (including phenoxy) is 1. The smallest absolute Gasteiger partial charge is 0.162 e. The molecule has 0 aliphatic rings. The molecule has 2 aromatic rings. The number of aromatic nitrogens is 2. The lowest BCUT2D eigenvalue weighted by Crippen LogP contribution is -2.03. The van der Waals surface area contributed by atoms with Crippen LogP contribution >= 0.6 is 0 Å². The van der Waals surface area contributed by atoms with Gasteiger partial charge in [0.15, 0.2) is 5.78 Å². The van der Waals surface area contributed by atoms with Crippen molar-refractivity contribution in [1.29, 1.82) is 0 Å². The van der Waals surface area contributed by atoms with Gasteiger partial charge in [-0.3, -0.25) is 4.79 Å². The van der Waals surface area contributed by atoms with Crippen LogP contribution in [0, 0.1) is 0 Å². The third kappa shape index (κ3) is 1.84. The van der Waals surface area contributed by atoms with Gasteiger partial charge >= 0.3 is 0 Å². The highest BCUT2D eigenvalue weighted by atomic mass is 16.5. The van der Waals surface area contributed by atoms with Crippen LogP contribution in [0.4, 0.5) is 0 Å². The van der Waals surface area contributed by atoms with Gasteiger partial charge in [-0.05, 0) is 19.1 Å². The minimum atomic E-state index is 0.0640. The lowest BCUT2D eigenvalue weighted by molar-refractivity contribution is 0.101. The topological polar surface area (TPSA) is 44.1 Å². The Bertz CT molecular complexity index is 517. The molecule has 2 aromatic heterocycles. The van der Waals surface area contributed by atoms with Crippen molar-refractivity contribution in [3.05, 3.63) is 30.1 Å². The zero-order valence-corrected chi connectivity index (χ0v) is 9.43. The molecule has 0 spiro atoms. The van der Waals surface area contributed by atoms with Crippen molar-refractivity contribution < 1.29 is 9.53 Å². The number of Topliss-reactive ketones (excluding diaryl/α,β-unsaturated/α-hetero) is 1. The Labute approximate surface area is 93.9 Å². The van der Waals surface area contributed by atoms with Crippen LogP contribution in [-0.4, -0.2) is 29.1 Å². The normalized spacial score (nSPS) is 10.9. The van der Waals surface area contributed by atoms with Crippen molar-refractivity contribution in [2.24, 2.45) is 0 Å². The SMILES string of the molecule is COCCn1cc(C(C)=O)c2cccnc21. The number of fused-ring (bicyclic) bond motifs is 1. The summed E-state index contributed by atoms with van der Waals surface area (Å²) in [6.45, 7) is 2.89. The number of carbonyl (C=O) groups is 1. The van der Waals surface area contributed by atoms with Gasteiger partial charge in [0.05, 0.1) is 6.61 Å². The van der Waals surface area contributed by atoms with Gasteiger partial charge < -0.3 is 9.30 Å². The molecule has 2 rings (SSSR count). The highest BCUT2D eigenvalue weighted by Gasteiger charge is 2.11. The van der Waals surface area contributed by atoms with Crippen molar-refractivity contribution in [3.8, 4) is 0 Å². The quantitative estimate of drug-likeness (QED) is 0.736. The fourth-order valence-electron chi connectivity index (χ4n) is 1.76. The number of nitrogens with zero attached hydrogens (tertiary/aromatic N) is 2. The first-order valence-electron chi connectivity index (χ1n) is 5.17. The van der Waals surface area contributed by atoms with Crippen molar-refractivity contribution in [2.45, 2.75) is 13.5 Å². The molecule has 0 aliphatic carbocycles. The summed E-state index contributed by atoms with van der Waals surface area (Å²) >= 11 is 0. The van der Waals surface area contributed by atoms with Gasteiger partial charge in [0, 0.05) is 37.0 Å². The first-order valence-corrected chi connectivity index (χ1v) is 5.17. The fourth-order valence-corrected chi connectivity index (χ4v) is 1.76. The van der Waals surface area contributed by atoms with Crippen LogP contribution in [0.3, 0.4) is 0 Å². The average molecular weight is 218 g/mol. The van der Waals surface area contributed by atoms with E-state index in [1.165, 1.54) is 0 Å². The molecule has 0 unspecified atom stereocenters. The standard InChI is InChI=1S/C12H14N2O2/c1-9(15)11-8-14(6-7-16-2)12-10(11)4-3-5-13-12/h3-5,8H,6-7H2,1-2H3. The molecular weight excluding hydrogens is 204 g/mol. The highest BCUT2D eigenvalue weighted by Crippen LogP contribution is 2.19. The summed E-state index contributed by atoms with van der Waals surface area (Å²) in [7, 11) is 1.66. The zero-order valence-electron chi connectivity index (χ0n) is 9.43. The van der Waals surface area contributed by atoms with Gasteiger partial charge in [0.2, 0.25) is 0 Å². The molecule has 0 aliphatic heterocycles. The van der Waals surface area contributed by atoms with Gasteiger partial charge in [-0.2, -0.15) is 0 Å². The van der Waals surface area contributed by atoms with Crippen LogP contribution in [0.2, 0.25) is 0 Å². The Morgan fingerprint density at radius 2 is 2.38 bits per heavy atom. The Hall–Kier alpha value is -1.68. The number of hydrogen-bond donors (Lipinski definition) is 0. The van der Waals surface area contributed by atoms with Crippen LogP contribution in [0.15, 0.2) is 24.5 Å². The Balaban J connectivity index is 2.53. The molecule has 0 fully saturated rings. The second-order valence-electron chi connectivity index (χ2n) is 3.66. The number of rotatable bonds is 4. The highest BCUT2D eigenvalue weighted by molar-refractivity contribution is 6.06. The van der Waals surface area contributed by atoms with E-state index < -0.39 is 0 Å². The fraction of sp³-hybridized carbons (Fsp3) is 0.333. The maximum Gasteiger partial charge on any atom is 0.162 e. The lowest BCUT2D eigenvalue weighted by atomic mass is 10.2. The average Bonchev–Trinajstić information content (AvgIpc) is 2.65. The molecule has 2 heterocycles. The van der Waals surface area contributed by atoms with Gasteiger partial charge in [-0.25, -0.2) is 4.98 Å². The summed E-state index contributed by atoms with van der Waals surface area (Å²) in [5.41, 5.74) is 1.56. The molecule has 4 heteroatoms. The van der Waals surface area contributed by atoms with E-state index in [4.69, 9.17) is 4.74 Å². The van der Waals surface area contributed by atoms with Crippen LogP contribution < -0.4 is 0 Å². The van der Waals surface area contributed by atoms with Crippen molar-refractivity contribution in [2.75, 3.05) is 13.7 Å². The van der Waals surface area contributed by atoms with Gasteiger partial charge in [0.25, 0.3) is 0 Å². The van der Waals surface area contributed by atoms with E-state index in [1.54, 1.807) is 20.2 Å². The van der Waals surface area contributed by atoms with Gasteiger partial charge in [-0.1, -0.05) is 0 Å². The summed E-state index contributed by atoms with van der Waals surface area (Å²) < 4.78 is 6.98. The number of hydrogen-bond acceptors (Lipinski definition) is 3. The van der Waals surface area contributed by atoms with Gasteiger partial charge in [-0.15, -0.1) is 0 Å². The zero-order chi connectivity index (χ0) is 11.5. The molecule has 4 nitrogen and oxygen atoms in total. The minimum Gasteiger partial charge on any atom is -0.383 e.